The summed E-state index contributed by atoms with van der Waals surface area (Å²) < 4.78 is 100. The van der Waals surface area contributed by atoms with Gasteiger partial charge in [-0.2, -0.15) is 25.4 Å². The molecule has 4 rings (SSSR count). The molecule has 2 unspecified atom stereocenters. The van der Waals surface area contributed by atoms with Crippen molar-refractivity contribution >= 4 is 49.4 Å². The van der Waals surface area contributed by atoms with Gasteiger partial charge in [-0.1, -0.05) is 13.8 Å². The first-order valence-electron chi connectivity index (χ1n) is 14.0. The number of alkyl halides is 3. The summed E-state index contributed by atoms with van der Waals surface area (Å²) in [6.07, 6.45) is 0.201. The Morgan fingerprint density at radius 3 is 1.65 bits per heavy atom. The lowest BCUT2D eigenvalue weighted by Crippen LogP contribution is -2.55. The third kappa shape index (κ3) is 7.15. The minimum atomic E-state index is -4.98. The number of aromatic nitrogens is 2. The van der Waals surface area contributed by atoms with E-state index in [0.717, 1.165) is 37.8 Å². The molecule has 3 N–H and O–H groups in total. The van der Waals surface area contributed by atoms with Crippen LogP contribution in [0.4, 0.5) is 35.0 Å². The van der Waals surface area contributed by atoms with Crippen molar-refractivity contribution in [3.8, 4) is 5.75 Å². The second-order valence-corrected chi connectivity index (χ2v) is 14.9. The summed E-state index contributed by atoms with van der Waals surface area (Å²) in [5.74, 6) is -3.57. The number of nitrogens with one attached hydrogen (secondary N) is 3. The molecule has 3 aromatic rings. The molecule has 1 saturated heterocycles. The van der Waals surface area contributed by atoms with E-state index >= 15 is 0 Å². The fourth-order valence-electron chi connectivity index (χ4n) is 5.24. The van der Waals surface area contributed by atoms with Gasteiger partial charge in [0, 0.05) is 52.4 Å². The van der Waals surface area contributed by atoms with Crippen LogP contribution >= 0.6 is 0 Å². The molecule has 1 aliphatic rings. The van der Waals surface area contributed by atoms with Gasteiger partial charge in [-0.25, -0.2) is 9.69 Å². The molecule has 2 atom stereocenters. The van der Waals surface area contributed by atoms with Crippen LogP contribution < -0.4 is 24.4 Å². The molecule has 0 bridgehead atoms. The molecule has 20 heteroatoms. The van der Waals surface area contributed by atoms with Crippen LogP contribution in [0, 0.1) is 0 Å². The summed E-state index contributed by atoms with van der Waals surface area (Å²) in [6.45, 7) is 3.12. The highest BCUT2D eigenvalue weighted by atomic mass is 32.2. The Morgan fingerprint density at radius 2 is 1.25 bits per heavy atom. The van der Waals surface area contributed by atoms with Gasteiger partial charge in [-0.15, -0.1) is 13.2 Å². The summed E-state index contributed by atoms with van der Waals surface area (Å²) in [7, 11) is -2.95. The van der Waals surface area contributed by atoms with Crippen molar-refractivity contribution in [2.24, 2.45) is 0 Å². The van der Waals surface area contributed by atoms with Gasteiger partial charge in [0.15, 0.2) is 0 Å². The molecule has 2 aromatic heterocycles. The lowest BCUT2D eigenvalue weighted by Gasteiger charge is -2.40. The molecule has 15 nitrogen and oxygen atoms in total. The van der Waals surface area contributed by atoms with Gasteiger partial charge < -0.3 is 10.1 Å². The number of pyridine rings is 2. The van der Waals surface area contributed by atoms with E-state index in [1.54, 1.807) is 13.8 Å². The maximum absolute atomic E-state index is 14.7. The van der Waals surface area contributed by atoms with Gasteiger partial charge in [0.05, 0.1) is 29.5 Å². The molecule has 0 aliphatic carbocycles. The number of ether oxygens (including phenoxy) is 1. The minimum absolute atomic E-state index is 0.0114. The Balaban J connectivity index is 1.91. The molecule has 3 amide bonds. The number of halogens is 3. The summed E-state index contributed by atoms with van der Waals surface area (Å²) >= 11 is 0. The van der Waals surface area contributed by atoms with Crippen molar-refractivity contribution in [2.75, 3.05) is 42.5 Å². The largest absolute Gasteiger partial charge is 0.573 e. The monoisotopic (exact) mass is 714 g/mol. The average Bonchev–Trinajstić information content (AvgIpc) is 3.26. The number of carbonyl (C=O) groups excluding carboxylic acids is 2. The molecule has 0 spiro atoms. The number of hydrogen-bond acceptors (Lipinski definition) is 9. The van der Waals surface area contributed by atoms with Crippen molar-refractivity contribution in [1.29, 1.82) is 0 Å². The van der Waals surface area contributed by atoms with E-state index in [9.17, 15) is 39.6 Å². The Hall–Kier alpha value is -4.53. The lowest BCUT2D eigenvalue weighted by atomic mass is 9.69. The summed E-state index contributed by atoms with van der Waals surface area (Å²) in [4.78, 5) is 37.2. The van der Waals surface area contributed by atoms with Gasteiger partial charge in [-0.05, 0) is 47.5 Å². The Kier molecular flexibility index (Phi) is 9.96. The van der Waals surface area contributed by atoms with Crippen LogP contribution in [-0.4, -0.2) is 87.4 Å². The first-order valence-corrected chi connectivity index (χ1v) is 16.9. The molecule has 260 valence electrons. The predicted molar refractivity (Wildman–Crippen MR) is 170 cm³/mol. The molecule has 1 aromatic carbocycles. The highest BCUT2D eigenvalue weighted by molar-refractivity contribution is 7.90. The van der Waals surface area contributed by atoms with Gasteiger partial charge in [0.25, 0.3) is 5.91 Å². The van der Waals surface area contributed by atoms with Crippen molar-refractivity contribution in [3.05, 3.63) is 72.3 Å². The number of urea groups is 1. The van der Waals surface area contributed by atoms with Gasteiger partial charge in [0.1, 0.15) is 11.3 Å². The zero-order chi connectivity index (χ0) is 35.8. The Labute approximate surface area is 275 Å². The predicted octanol–water partition coefficient (Wildman–Crippen LogP) is 3.21. The number of hydrogen-bond donors (Lipinski definition) is 3. The van der Waals surface area contributed by atoms with E-state index in [-0.39, 0.29) is 28.2 Å². The van der Waals surface area contributed by atoms with Crippen LogP contribution in [0.2, 0.25) is 0 Å². The highest BCUT2D eigenvalue weighted by Crippen LogP contribution is 2.47. The normalized spacial score (nSPS) is 18.5. The summed E-state index contributed by atoms with van der Waals surface area (Å²) in [6, 6.07) is 6.03. The third-order valence-corrected chi connectivity index (χ3v) is 10.7. The van der Waals surface area contributed by atoms with E-state index in [4.69, 9.17) is 0 Å². The van der Waals surface area contributed by atoms with Gasteiger partial charge >= 0.3 is 32.8 Å². The van der Waals surface area contributed by atoms with E-state index < -0.39 is 61.8 Å². The summed E-state index contributed by atoms with van der Waals surface area (Å²) in [5, 5.41) is 2.75. The Bertz CT molecular complexity index is 1820. The highest BCUT2D eigenvalue weighted by Gasteiger charge is 2.59. The minimum Gasteiger partial charge on any atom is -0.406 e. The number of carbonyl (C=O) groups is 2. The number of imide groups is 1. The van der Waals surface area contributed by atoms with Crippen LogP contribution in [0.25, 0.3) is 0 Å². The number of anilines is 3. The molecule has 1 fully saturated rings. The van der Waals surface area contributed by atoms with E-state index in [2.05, 4.69) is 29.5 Å². The SMILES string of the molecule is CC(c1ccncc1NS(=O)(=O)N(C)C)C1(C(C)c2ccncc2NS(=O)(=O)N(C)C)NC(=O)N(c2ccc(OC(F)(F)F)cc2)C1=O. The third-order valence-electron chi connectivity index (χ3n) is 7.85. The fourth-order valence-corrected chi connectivity index (χ4v) is 6.51. The molecule has 3 heterocycles. The Morgan fingerprint density at radius 1 is 0.812 bits per heavy atom. The lowest BCUT2D eigenvalue weighted by molar-refractivity contribution is -0.274. The van der Waals surface area contributed by atoms with E-state index in [0.29, 0.717) is 0 Å². The zero-order valence-electron chi connectivity index (χ0n) is 26.5. The smallest absolute Gasteiger partial charge is 0.406 e. The first-order chi connectivity index (χ1) is 22.2. The molecular formula is C28H33F3N8O7S2. The van der Waals surface area contributed by atoms with E-state index in [1.807, 2.05) is 0 Å². The van der Waals surface area contributed by atoms with E-state index in [1.165, 1.54) is 65.1 Å². The van der Waals surface area contributed by atoms with Crippen molar-refractivity contribution in [3.63, 3.8) is 0 Å². The van der Waals surface area contributed by atoms with Crippen molar-refractivity contribution < 1.29 is 44.3 Å². The number of nitrogens with zero attached hydrogens (tertiary/aromatic N) is 5. The maximum atomic E-state index is 14.7. The zero-order valence-corrected chi connectivity index (χ0v) is 28.1. The first kappa shape index (κ1) is 36.3. The average molecular weight is 715 g/mol. The second-order valence-electron chi connectivity index (χ2n) is 11.1. The summed E-state index contributed by atoms with van der Waals surface area (Å²) in [5.41, 5.74) is -1.62. The van der Waals surface area contributed by atoms with Crippen molar-refractivity contribution in [1.82, 2.24) is 23.9 Å². The molecule has 0 saturated carbocycles. The van der Waals surface area contributed by atoms with Crippen LogP contribution in [0.3, 0.4) is 0 Å². The topological polar surface area (TPSA) is 183 Å². The quantitative estimate of drug-likeness (QED) is 0.237. The van der Waals surface area contributed by atoms with Crippen LogP contribution in [0.15, 0.2) is 61.2 Å². The van der Waals surface area contributed by atoms with Crippen LogP contribution in [0.5, 0.6) is 5.75 Å². The van der Waals surface area contributed by atoms with Gasteiger partial charge in [-0.3, -0.25) is 24.2 Å². The molecule has 0 radical (unpaired) electrons. The molecule has 1 aliphatic heterocycles. The second kappa shape index (κ2) is 13.2. The maximum Gasteiger partial charge on any atom is 0.573 e. The molecule has 48 heavy (non-hydrogen) atoms. The number of benzene rings is 1. The molecular weight excluding hydrogens is 681 g/mol. The van der Waals surface area contributed by atoms with Gasteiger partial charge in [0.2, 0.25) is 0 Å². The van der Waals surface area contributed by atoms with Crippen LogP contribution in [-0.2, 0) is 25.2 Å². The number of amides is 3. The van der Waals surface area contributed by atoms with Crippen molar-refractivity contribution in [2.45, 2.75) is 37.6 Å². The number of rotatable bonds is 12. The standard InChI is InChI=1S/C28H33F3N8O7S2/c1-17(21-11-13-32-15-23(21)35-47(42,43)37(3)4)27(18(2)22-12-14-33-16-24(22)36-48(44,45)38(5)6)25(40)39(26(41)34-27)19-7-9-20(10-8-19)46-28(29,30)31/h7-18,35-36H,1-6H3,(H,34,41). The van der Waals surface area contributed by atoms with Crippen LogP contribution in [0.1, 0.15) is 36.8 Å². The fraction of sp³-hybridized carbons (Fsp3) is 0.357.